The molecule has 0 aliphatic carbocycles. The number of nitrogens with one attached hydrogen (secondary N) is 1. The molecule has 0 aliphatic rings. The first-order valence-corrected chi connectivity index (χ1v) is 7.54. The summed E-state index contributed by atoms with van der Waals surface area (Å²) in [6, 6.07) is 3.47. The summed E-state index contributed by atoms with van der Waals surface area (Å²) in [7, 11) is 0. The van der Waals surface area contributed by atoms with E-state index in [1.54, 1.807) is 23.5 Å². The zero-order valence-corrected chi connectivity index (χ0v) is 13.0. The number of rotatable bonds is 4. The molecule has 0 radical (unpaired) electrons. The van der Waals surface area contributed by atoms with Gasteiger partial charge in [0.05, 0.1) is 27.5 Å². The number of aryl methyl sites for hydroxylation is 1. The maximum Gasteiger partial charge on any atom is 0.115 e. The Morgan fingerprint density at radius 2 is 2.05 bits per heavy atom. The second-order valence-electron chi connectivity index (χ2n) is 4.24. The topological polar surface area (TPSA) is 50.9 Å². The Hall–Kier alpha value is -0.970. The first-order chi connectivity index (χ1) is 9.01. The number of hydrogen-bond donors (Lipinski definition) is 2. The summed E-state index contributed by atoms with van der Waals surface area (Å²) in [5.41, 5.74) is 7.28. The van der Waals surface area contributed by atoms with Crippen LogP contribution in [0.2, 0.25) is 10.0 Å². The van der Waals surface area contributed by atoms with Crippen molar-refractivity contribution in [3.05, 3.63) is 38.3 Å². The zero-order valence-electron chi connectivity index (χ0n) is 10.7. The van der Waals surface area contributed by atoms with Gasteiger partial charge in [-0.1, -0.05) is 30.1 Å². The van der Waals surface area contributed by atoms with Gasteiger partial charge in [0.25, 0.3) is 0 Å². The number of hydrogen-bond acceptors (Lipinski definition) is 4. The van der Waals surface area contributed by atoms with Gasteiger partial charge in [-0.25, -0.2) is 4.98 Å². The maximum absolute atomic E-state index is 6.00. The lowest BCUT2D eigenvalue weighted by atomic mass is 10.2. The van der Waals surface area contributed by atoms with Crippen LogP contribution >= 0.6 is 34.5 Å². The third-order valence-electron chi connectivity index (χ3n) is 2.75. The van der Waals surface area contributed by atoms with Crippen LogP contribution in [0.25, 0.3) is 0 Å². The van der Waals surface area contributed by atoms with Crippen LogP contribution < -0.4 is 11.1 Å². The number of thiazole rings is 1. The molecule has 3 N–H and O–H groups in total. The molecule has 102 valence electrons. The highest BCUT2D eigenvalue weighted by Gasteiger charge is 2.12. The number of nitrogens with zero attached hydrogens (tertiary/aromatic N) is 1. The van der Waals surface area contributed by atoms with E-state index in [1.165, 1.54) is 4.88 Å². The first-order valence-electron chi connectivity index (χ1n) is 5.97. The second-order valence-corrected chi connectivity index (χ2v) is 6.20. The molecule has 19 heavy (non-hydrogen) atoms. The highest BCUT2D eigenvalue weighted by molar-refractivity contribution is 7.11. The van der Waals surface area contributed by atoms with Crippen molar-refractivity contribution in [2.75, 3.05) is 11.1 Å². The molecule has 0 aliphatic heterocycles. The van der Waals surface area contributed by atoms with Gasteiger partial charge in [-0.2, -0.15) is 0 Å². The second kappa shape index (κ2) is 5.99. The van der Waals surface area contributed by atoms with Crippen LogP contribution in [-0.2, 0) is 6.42 Å². The van der Waals surface area contributed by atoms with Crippen LogP contribution in [0.15, 0.2) is 18.3 Å². The number of anilines is 2. The van der Waals surface area contributed by atoms with E-state index in [0.717, 1.165) is 17.1 Å². The Kier molecular flexibility index (Phi) is 4.55. The van der Waals surface area contributed by atoms with Crippen LogP contribution in [-0.4, -0.2) is 4.98 Å². The van der Waals surface area contributed by atoms with Crippen LogP contribution in [0.1, 0.15) is 29.8 Å². The van der Waals surface area contributed by atoms with Gasteiger partial charge >= 0.3 is 0 Å². The minimum absolute atomic E-state index is 0.0739. The molecule has 0 fully saturated rings. The molecule has 0 bridgehead atoms. The number of nitrogen functional groups attached to an aromatic ring is 1. The van der Waals surface area contributed by atoms with E-state index in [4.69, 9.17) is 28.9 Å². The van der Waals surface area contributed by atoms with Crippen molar-refractivity contribution in [1.82, 2.24) is 4.98 Å². The van der Waals surface area contributed by atoms with Crippen LogP contribution in [0.5, 0.6) is 0 Å². The van der Waals surface area contributed by atoms with Gasteiger partial charge in [-0.3, -0.25) is 0 Å². The number of halogens is 2. The minimum Gasteiger partial charge on any atom is -0.397 e. The zero-order chi connectivity index (χ0) is 14.0. The highest BCUT2D eigenvalue weighted by Crippen LogP contribution is 2.33. The van der Waals surface area contributed by atoms with E-state index in [2.05, 4.69) is 17.2 Å². The van der Waals surface area contributed by atoms with Crippen LogP contribution in [0, 0.1) is 0 Å². The molecule has 0 spiro atoms. The fourth-order valence-corrected chi connectivity index (χ4v) is 2.86. The van der Waals surface area contributed by atoms with Crippen molar-refractivity contribution in [3.63, 3.8) is 0 Å². The predicted molar refractivity (Wildman–Crippen MR) is 84.4 cm³/mol. The molecular weight excluding hydrogens is 301 g/mol. The molecule has 2 aromatic rings. The Morgan fingerprint density at radius 3 is 2.68 bits per heavy atom. The summed E-state index contributed by atoms with van der Waals surface area (Å²) in [5.74, 6) is 0. The van der Waals surface area contributed by atoms with E-state index < -0.39 is 0 Å². The maximum atomic E-state index is 6.00. The lowest BCUT2D eigenvalue weighted by Gasteiger charge is -2.15. The fraction of sp³-hybridized carbons (Fsp3) is 0.308. The van der Waals surface area contributed by atoms with E-state index >= 15 is 0 Å². The average Bonchev–Trinajstić information content (AvgIpc) is 2.84. The summed E-state index contributed by atoms with van der Waals surface area (Å²) >= 11 is 13.6. The quantitative estimate of drug-likeness (QED) is 0.799. The fourth-order valence-electron chi connectivity index (χ4n) is 1.67. The Balaban J connectivity index is 2.18. The average molecular weight is 316 g/mol. The summed E-state index contributed by atoms with van der Waals surface area (Å²) in [6.07, 6.45) is 2.91. The lowest BCUT2D eigenvalue weighted by molar-refractivity contribution is 0.870. The molecular formula is C13H15Cl2N3S. The van der Waals surface area contributed by atoms with Crippen LogP contribution in [0.4, 0.5) is 11.4 Å². The van der Waals surface area contributed by atoms with Crippen molar-refractivity contribution >= 4 is 45.9 Å². The summed E-state index contributed by atoms with van der Waals surface area (Å²) < 4.78 is 0. The van der Waals surface area contributed by atoms with Crippen molar-refractivity contribution in [2.24, 2.45) is 0 Å². The Morgan fingerprint density at radius 1 is 1.37 bits per heavy atom. The third-order valence-corrected chi connectivity index (χ3v) is 4.80. The van der Waals surface area contributed by atoms with E-state index in [9.17, 15) is 0 Å². The third kappa shape index (κ3) is 3.32. The summed E-state index contributed by atoms with van der Waals surface area (Å²) in [5, 5.41) is 5.29. The van der Waals surface area contributed by atoms with Gasteiger partial charge in [0.1, 0.15) is 5.01 Å². The Labute approximate surface area is 126 Å². The van der Waals surface area contributed by atoms with Gasteiger partial charge in [-0.15, -0.1) is 11.3 Å². The molecule has 1 atom stereocenters. The molecule has 1 aromatic heterocycles. The number of benzene rings is 1. The van der Waals surface area contributed by atoms with Crippen molar-refractivity contribution < 1.29 is 0 Å². The Bertz CT molecular complexity index is 583. The molecule has 2 rings (SSSR count). The molecule has 0 saturated heterocycles. The van der Waals surface area contributed by atoms with E-state index in [1.807, 2.05) is 13.1 Å². The number of aromatic nitrogens is 1. The van der Waals surface area contributed by atoms with Gasteiger partial charge < -0.3 is 11.1 Å². The molecule has 1 heterocycles. The standard InChI is InChI=1S/C13H15Cl2N3S/c1-3-8-6-17-13(19-8)7(2)18-12-5-10(15)9(14)4-11(12)16/h4-7,18H,3,16H2,1-2H3. The van der Waals surface area contributed by atoms with Crippen LogP contribution in [0.3, 0.4) is 0 Å². The monoisotopic (exact) mass is 315 g/mol. The van der Waals surface area contributed by atoms with Gasteiger partial charge in [0.15, 0.2) is 0 Å². The molecule has 0 amide bonds. The largest absolute Gasteiger partial charge is 0.397 e. The number of nitrogens with two attached hydrogens (primary N) is 1. The predicted octanol–water partition coefficient (Wildman–Crippen LogP) is 4.77. The van der Waals surface area contributed by atoms with Gasteiger partial charge in [-0.05, 0) is 25.5 Å². The van der Waals surface area contributed by atoms with Crippen molar-refractivity contribution in [1.29, 1.82) is 0 Å². The smallest absolute Gasteiger partial charge is 0.115 e. The van der Waals surface area contributed by atoms with E-state index in [-0.39, 0.29) is 6.04 Å². The minimum atomic E-state index is 0.0739. The highest BCUT2D eigenvalue weighted by atomic mass is 35.5. The molecule has 6 heteroatoms. The molecule has 1 aromatic carbocycles. The first kappa shape index (κ1) is 14.4. The normalized spacial score (nSPS) is 12.4. The van der Waals surface area contributed by atoms with Gasteiger partial charge in [0, 0.05) is 11.1 Å². The molecule has 1 unspecified atom stereocenters. The molecule has 0 saturated carbocycles. The summed E-state index contributed by atoms with van der Waals surface area (Å²) in [4.78, 5) is 5.68. The lowest BCUT2D eigenvalue weighted by Crippen LogP contribution is -2.08. The van der Waals surface area contributed by atoms with E-state index in [0.29, 0.717) is 15.7 Å². The van der Waals surface area contributed by atoms with Gasteiger partial charge in [0.2, 0.25) is 0 Å². The molecule has 3 nitrogen and oxygen atoms in total. The SMILES string of the molecule is CCc1cnc(C(C)Nc2cc(Cl)c(Cl)cc2N)s1. The van der Waals surface area contributed by atoms with Crippen molar-refractivity contribution in [2.45, 2.75) is 26.3 Å². The van der Waals surface area contributed by atoms with Crippen molar-refractivity contribution in [3.8, 4) is 0 Å². The summed E-state index contributed by atoms with van der Waals surface area (Å²) in [6.45, 7) is 4.16.